The number of benzene rings is 3. The number of aromatic nitrogens is 3. The average Bonchev–Trinajstić information content (AvgIpc) is 3.20. The monoisotopic (exact) mass is 499 g/mol. The fourth-order valence-corrected chi connectivity index (χ4v) is 5.39. The van der Waals surface area contributed by atoms with Gasteiger partial charge in [-0.15, -0.1) is 10.2 Å². The molecule has 1 heterocycles. The summed E-state index contributed by atoms with van der Waals surface area (Å²) in [6.07, 6.45) is 0. The van der Waals surface area contributed by atoms with Crippen molar-refractivity contribution in [2.24, 2.45) is 0 Å². The number of aryl methyl sites for hydroxylation is 1. The van der Waals surface area contributed by atoms with Crippen LogP contribution in [0.5, 0.6) is 5.75 Å². The van der Waals surface area contributed by atoms with E-state index in [2.05, 4.69) is 10.2 Å². The van der Waals surface area contributed by atoms with Crippen LogP contribution in [0.15, 0.2) is 88.9 Å². The van der Waals surface area contributed by atoms with Crippen molar-refractivity contribution in [3.05, 3.63) is 95.3 Å². The van der Waals surface area contributed by atoms with Crippen LogP contribution in [0, 0.1) is 6.92 Å². The number of sulfone groups is 1. The summed E-state index contributed by atoms with van der Waals surface area (Å²) < 4.78 is 33.6. The summed E-state index contributed by atoms with van der Waals surface area (Å²) in [5, 5.41) is 9.65. The largest absolute Gasteiger partial charge is 0.491 e. The molecule has 6 nitrogen and oxygen atoms in total. The van der Waals surface area contributed by atoms with E-state index < -0.39 is 9.84 Å². The SMILES string of the molecule is Cc1ccc(S(=O)(=O)Cc2nnc(SCCOc3ccccc3Cl)n2-c2ccccc2)cc1. The van der Waals surface area contributed by atoms with Gasteiger partial charge in [-0.25, -0.2) is 8.42 Å². The van der Waals surface area contributed by atoms with Gasteiger partial charge in [-0.3, -0.25) is 4.57 Å². The van der Waals surface area contributed by atoms with Crippen LogP contribution in [0.4, 0.5) is 0 Å². The highest BCUT2D eigenvalue weighted by molar-refractivity contribution is 7.99. The van der Waals surface area contributed by atoms with Crippen molar-refractivity contribution in [1.82, 2.24) is 14.8 Å². The van der Waals surface area contributed by atoms with Gasteiger partial charge >= 0.3 is 0 Å². The predicted molar refractivity (Wildman–Crippen MR) is 131 cm³/mol. The first-order valence-electron chi connectivity index (χ1n) is 10.2. The molecule has 33 heavy (non-hydrogen) atoms. The van der Waals surface area contributed by atoms with E-state index in [9.17, 15) is 8.42 Å². The van der Waals surface area contributed by atoms with Crippen LogP contribution in [0.25, 0.3) is 5.69 Å². The molecule has 0 unspecified atom stereocenters. The third kappa shape index (κ3) is 5.76. The van der Waals surface area contributed by atoms with Gasteiger partial charge in [0.15, 0.2) is 20.8 Å². The molecule has 9 heteroatoms. The topological polar surface area (TPSA) is 74.1 Å². The standard InChI is InChI=1S/C24H22ClN3O3S2/c1-18-11-13-20(14-12-18)33(29,30)17-23-26-27-24(28(23)19-7-3-2-4-8-19)32-16-15-31-22-10-6-5-9-21(22)25/h2-14H,15-17H2,1H3. The molecule has 0 atom stereocenters. The molecule has 0 amide bonds. The molecule has 3 aromatic carbocycles. The van der Waals surface area contributed by atoms with Gasteiger partial charge in [-0.05, 0) is 43.3 Å². The molecule has 1 aromatic heterocycles. The minimum atomic E-state index is -3.59. The van der Waals surface area contributed by atoms with Crippen LogP contribution in [0.3, 0.4) is 0 Å². The summed E-state index contributed by atoms with van der Waals surface area (Å²) >= 11 is 7.57. The lowest BCUT2D eigenvalue weighted by atomic mass is 10.2. The zero-order chi connectivity index (χ0) is 23.3. The Bertz CT molecular complexity index is 1320. The van der Waals surface area contributed by atoms with E-state index in [0.717, 1.165) is 11.3 Å². The number of para-hydroxylation sites is 2. The zero-order valence-electron chi connectivity index (χ0n) is 17.9. The molecule has 170 valence electrons. The van der Waals surface area contributed by atoms with Crippen LogP contribution in [-0.2, 0) is 15.6 Å². The van der Waals surface area contributed by atoms with E-state index in [0.29, 0.717) is 34.1 Å². The smallest absolute Gasteiger partial charge is 0.195 e. The highest BCUT2D eigenvalue weighted by Gasteiger charge is 2.22. The number of hydrogen-bond donors (Lipinski definition) is 0. The number of halogens is 1. The molecule has 0 radical (unpaired) electrons. The van der Waals surface area contributed by atoms with Crippen molar-refractivity contribution < 1.29 is 13.2 Å². The molecule has 0 spiro atoms. The number of rotatable bonds is 9. The summed E-state index contributed by atoms with van der Waals surface area (Å²) in [5.41, 5.74) is 1.80. The number of nitrogens with zero attached hydrogens (tertiary/aromatic N) is 3. The molecule has 0 N–H and O–H groups in total. The third-order valence-corrected chi connectivity index (χ3v) is 7.66. The molecule has 0 fully saturated rings. The molecular formula is C24H22ClN3O3S2. The Morgan fingerprint density at radius 3 is 2.36 bits per heavy atom. The van der Waals surface area contributed by atoms with Crippen molar-refractivity contribution >= 4 is 33.2 Å². The second-order valence-electron chi connectivity index (χ2n) is 7.27. The minimum Gasteiger partial charge on any atom is -0.491 e. The Balaban J connectivity index is 1.54. The first-order valence-corrected chi connectivity index (χ1v) is 13.2. The van der Waals surface area contributed by atoms with Gasteiger partial charge in [0.1, 0.15) is 11.5 Å². The van der Waals surface area contributed by atoms with Gasteiger partial charge in [-0.2, -0.15) is 0 Å². The lowest BCUT2D eigenvalue weighted by molar-refractivity contribution is 0.344. The fourth-order valence-electron chi connectivity index (χ4n) is 3.17. The van der Waals surface area contributed by atoms with Crippen molar-refractivity contribution in [3.8, 4) is 11.4 Å². The van der Waals surface area contributed by atoms with Crippen LogP contribution in [-0.4, -0.2) is 35.5 Å². The van der Waals surface area contributed by atoms with Crippen LogP contribution < -0.4 is 4.74 Å². The van der Waals surface area contributed by atoms with E-state index in [1.54, 1.807) is 34.9 Å². The van der Waals surface area contributed by atoms with Crippen molar-refractivity contribution in [1.29, 1.82) is 0 Å². The normalized spacial score (nSPS) is 11.5. The first-order chi connectivity index (χ1) is 15.9. The Labute approximate surface area is 202 Å². The highest BCUT2D eigenvalue weighted by atomic mass is 35.5. The molecule has 0 saturated heterocycles. The van der Waals surface area contributed by atoms with Gasteiger partial charge in [0.05, 0.1) is 16.5 Å². The Morgan fingerprint density at radius 1 is 0.939 bits per heavy atom. The third-order valence-electron chi connectivity index (χ3n) is 4.82. The number of thioether (sulfide) groups is 1. The molecule has 4 rings (SSSR count). The molecule has 0 aliphatic carbocycles. The Morgan fingerprint density at radius 2 is 1.64 bits per heavy atom. The lowest BCUT2D eigenvalue weighted by Crippen LogP contribution is -2.11. The van der Waals surface area contributed by atoms with E-state index in [4.69, 9.17) is 16.3 Å². The van der Waals surface area contributed by atoms with Crippen LogP contribution in [0.2, 0.25) is 5.02 Å². The summed E-state index contributed by atoms with van der Waals surface area (Å²) in [7, 11) is -3.59. The number of hydrogen-bond acceptors (Lipinski definition) is 6. The Hall–Kier alpha value is -2.81. The maximum atomic E-state index is 13.0. The van der Waals surface area contributed by atoms with Gasteiger partial charge in [-0.1, -0.05) is 71.4 Å². The quantitative estimate of drug-likeness (QED) is 0.227. The molecule has 0 aliphatic heterocycles. The molecular weight excluding hydrogens is 478 g/mol. The highest BCUT2D eigenvalue weighted by Crippen LogP contribution is 2.26. The zero-order valence-corrected chi connectivity index (χ0v) is 20.3. The lowest BCUT2D eigenvalue weighted by Gasteiger charge is -2.11. The van der Waals surface area contributed by atoms with E-state index in [-0.39, 0.29) is 10.6 Å². The molecule has 0 saturated carbocycles. The van der Waals surface area contributed by atoms with Crippen molar-refractivity contribution in [2.45, 2.75) is 22.7 Å². The van der Waals surface area contributed by atoms with Gasteiger partial charge in [0.25, 0.3) is 0 Å². The van der Waals surface area contributed by atoms with Gasteiger partial charge in [0, 0.05) is 11.4 Å². The minimum absolute atomic E-state index is 0.255. The summed E-state index contributed by atoms with van der Waals surface area (Å²) in [6.45, 7) is 2.33. The maximum absolute atomic E-state index is 13.0. The van der Waals surface area contributed by atoms with Gasteiger partial charge < -0.3 is 4.74 Å². The summed E-state index contributed by atoms with van der Waals surface area (Å²) in [5.74, 6) is 1.31. The van der Waals surface area contributed by atoms with Crippen molar-refractivity contribution in [3.63, 3.8) is 0 Å². The van der Waals surface area contributed by atoms with E-state index in [1.165, 1.54) is 11.8 Å². The van der Waals surface area contributed by atoms with E-state index in [1.807, 2.05) is 55.5 Å². The van der Waals surface area contributed by atoms with Crippen molar-refractivity contribution in [2.75, 3.05) is 12.4 Å². The average molecular weight is 500 g/mol. The fraction of sp³-hybridized carbons (Fsp3) is 0.167. The molecule has 0 aliphatic rings. The Kier molecular flexibility index (Phi) is 7.37. The number of ether oxygens (including phenoxy) is 1. The maximum Gasteiger partial charge on any atom is 0.195 e. The predicted octanol–water partition coefficient (Wildman–Crippen LogP) is 5.37. The van der Waals surface area contributed by atoms with Crippen LogP contribution in [0.1, 0.15) is 11.4 Å². The summed E-state index contributed by atoms with van der Waals surface area (Å²) in [6, 6.07) is 23.6. The second-order valence-corrected chi connectivity index (χ2v) is 10.7. The van der Waals surface area contributed by atoms with Crippen LogP contribution >= 0.6 is 23.4 Å². The van der Waals surface area contributed by atoms with Gasteiger partial charge in [0.2, 0.25) is 0 Å². The molecule has 4 aromatic rings. The summed E-state index contributed by atoms with van der Waals surface area (Å²) in [4.78, 5) is 0.262. The second kappa shape index (κ2) is 10.4. The van der Waals surface area contributed by atoms with E-state index >= 15 is 0 Å². The first kappa shape index (κ1) is 23.4. The molecule has 0 bridgehead atoms.